The van der Waals surface area contributed by atoms with Crippen molar-refractivity contribution in [3.63, 3.8) is 0 Å². The van der Waals surface area contributed by atoms with Gasteiger partial charge in [-0.2, -0.15) is 0 Å². The van der Waals surface area contributed by atoms with Crippen LogP contribution in [0.4, 0.5) is 0 Å². The van der Waals surface area contributed by atoms with Gasteiger partial charge in [0.25, 0.3) is 0 Å². The first kappa shape index (κ1) is 13.3. The van der Waals surface area contributed by atoms with Crippen molar-refractivity contribution in [1.82, 2.24) is 15.1 Å². The standard InChI is InChI=1S/C15H19N3O2/c1-18(10-13-8-5-9-19-13)11-14-16-17-15(20-14)12-6-3-2-4-7-12/h2-4,6-7,13H,5,8-11H2,1H3. The van der Waals surface area contributed by atoms with E-state index in [2.05, 4.69) is 15.1 Å². The molecule has 1 aromatic heterocycles. The van der Waals surface area contributed by atoms with Crippen LogP contribution in [0, 0.1) is 0 Å². The first-order valence-corrected chi connectivity index (χ1v) is 6.99. The summed E-state index contributed by atoms with van der Waals surface area (Å²) in [5.41, 5.74) is 0.952. The van der Waals surface area contributed by atoms with Gasteiger partial charge in [0.15, 0.2) is 0 Å². The smallest absolute Gasteiger partial charge is 0.247 e. The zero-order chi connectivity index (χ0) is 13.8. The SMILES string of the molecule is CN(Cc1nnc(-c2ccccc2)o1)CC1CCCO1. The highest BCUT2D eigenvalue weighted by atomic mass is 16.5. The lowest BCUT2D eigenvalue weighted by Gasteiger charge is -2.18. The van der Waals surface area contributed by atoms with Crippen LogP contribution in [0.5, 0.6) is 0 Å². The van der Waals surface area contributed by atoms with E-state index in [1.165, 1.54) is 0 Å². The van der Waals surface area contributed by atoms with Crippen LogP contribution in [-0.2, 0) is 11.3 Å². The van der Waals surface area contributed by atoms with Crippen molar-refractivity contribution in [3.8, 4) is 11.5 Å². The Morgan fingerprint density at radius 1 is 1.25 bits per heavy atom. The number of benzene rings is 1. The van der Waals surface area contributed by atoms with Crippen molar-refractivity contribution >= 4 is 0 Å². The van der Waals surface area contributed by atoms with E-state index < -0.39 is 0 Å². The molecule has 1 aromatic carbocycles. The summed E-state index contributed by atoms with van der Waals surface area (Å²) in [7, 11) is 2.05. The van der Waals surface area contributed by atoms with Gasteiger partial charge < -0.3 is 9.15 Å². The van der Waals surface area contributed by atoms with Crippen molar-refractivity contribution in [2.45, 2.75) is 25.5 Å². The van der Waals surface area contributed by atoms with Crippen LogP contribution in [0.2, 0.25) is 0 Å². The maximum Gasteiger partial charge on any atom is 0.247 e. The van der Waals surface area contributed by atoms with Crippen molar-refractivity contribution in [2.75, 3.05) is 20.2 Å². The summed E-state index contributed by atoms with van der Waals surface area (Å²) in [6.07, 6.45) is 2.65. The van der Waals surface area contributed by atoms with Crippen molar-refractivity contribution in [3.05, 3.63) is 36.2 Å². The first-order valence-electron chi connectivity index (χ1n) is 6.99. The summed E-state index contributed by atoms with van der Waals surface area (Å²) in [5.74, 6) is 1.22. The fourth-order valence-corrected chi connectivity index (χ4v) is 2.45. The van der Waals surface area contributed by atoms with Gasteiger partial charge in [-0.05, 0) is 32.0 Å². The van der Waals surface area contributed by atoms with Gasteiger partial charge in [-0.15, -0.1) is 10.2 Å². The molecule has 106 valence electrons. The van der Waals surface area contributed by atoms with E-state index in [4.69, 9.17) is 9.15 Å². The monoisotopic (exact) mass is 273 g/mol. The van der Waals surface area contributed by atoms with E-state index in [9.17, 15) is 0 Å². The van der Waals surface area contributed by atoms with Crippen LogP contribution in [0.15, 0.2) is 34.7 Å². The molecule has 3 rings (SSSR count). The minimum atomic E-state index is 0.344. The predicted octanol–water partition coefficient (Wildman–Crippen LogP) is 2.35. The Bertz CT molecular complexity index is 535. The van der Waals surface area contributed by atoms with Crippen molar-refractivity contribution in [1.29, 1.82) is 0 Å². The lowest BCUT2D eigenvalue weighted by molar-refractivity contribution is 0.0770. The van der Waals surface area contributed by atoms with E-state index in [0.717, 1.165) is 31.6 Å². The number of nitrogens with zero attached hydrogens (tertiary/aromatic N) is 3. The highest BCUT2D eigenvalue weighted by Crippen LogP contribution is 2.18. The second-order valence-electron chi connectivity index (χ2n) is 5.20. The molecule has 1 fully saturated rings. The van der Waals surface area contributed by atoms with Gasteiger partial charge in [0.2, 0.25) is 11.8 Å². The summed E-state index contributed by atoms with van der Waals surface area (Å²) < 4.78 is 11.3. The van der Waals surface area contributed by atoms with E-state index in [1.807, 2.05) is 37.4 Å². The maximum atomic E-state index is 5.70. The molecule has 1 aliphatic rings. The Balaban J connectivity index is 1.59. The first-order chi connectivity index (χ1) is 9.81. The Morgan fingerprint density at radius 3 is 2.85 bits per heavy atom. The molecule has 0 aliphatic carbocycles. The quantitative estimate of drug-likeness (QED) is 0.837. The van der Waals surface area contributed by atoms with E-state index >= 15 is 0 Å². The van der Waals surface area contributed by atoms with E-state index in [0.29, 0.717) is 24.4 Å². The number of hydrogen-bond donors (Lipinski definition) is 0. The second-order valence-corrected chi connectivity index (χ2v) is 5.20. The van der Waals surface area contributed by atoms with Gasteiger partial charge in [0, 0.05) is 18.7 Å². The summed E-state index contributed by atoms with van der Waals surface area (Å²) in [4.78, 5) is 2.16. The van der Waals surface area contributed by atoms with Gasteiger partial charge in [-0.25, -0.2) is 0 Å². The van der Waals surface area contributed by atoms with E-state index in [-0.39, 0.29) is 0 Å². The molecular weight excluding hydrogens is 254 g/mol. The zero-order valence-corrected chi connectivity index (χ0v) is 11.7. The summed E-state index contributed by atoms with van der Waals surface area (Å²) in [6.45, 7) is 2.44. The molecule has 2 heterocycles. The molecule has 2 aromatic rings. The van der Waals surface area contributed by atoms with Crippen LogP contribution in [0.3, 0.4) is 0 Å². The number of aromatic nitrogens is 2. The minimum Gasteiger partial charge on any atom is -0.419 e. The molecule has 0 amide bonds. The van der Waals surface area contributed by atoms with Crippen molar-refractivity contribution in [2.24, 2.45) is 0 Å². The summed E-state index contributed by atoms with van der Waals surface area (Å²) >= 11 is 0. The number of ether oxygens (including phenoxy) is 1. The Kier molecular flexibility index (Phi) is 4.08. The molecule has 1 atom stereocenters. The molecule has 0 bridgehead atoms. The Hall–Kier alpha value is -1.72. The average Bonchev–Trinajstić information content (AvgIpc) is 3.11. The lowest BCUT2D eigenvalue weighted by Crippen LogP contribution is -2.28. The molecule has 0 N–H and O–H groups in total. The number of likely N-dealkylation sites (N-methyl/N-ethyl adjacent to an activating group) is 1. The topological polar surface area (TPSA) is 51.4 Å². The van der Waals surface area contributed by atoms with Crippen LogP contribution < -0.4 is 0 Å². The molecular formula is C15H19N3O2. The predicted molar refractivity (Wildman–Crippen MR) is 75.0 cm³/mol. The van der Waals surface area contributed by atoms with Crippen LogP contribution >= 0.6 is 0 Å². The highest BCUT2D eigenvalue weighted by molar-refractivity contribution is 5.51. The number of rotatable bonds is 5. The van der Waals surface area contributed by atoms with Crippen molar-refractivity contribution < 1.29 is 9.15 Å². The zero-order valence-electron chi connectivity index (χ0n) is 11.7. The van der Waals surface area contributed by atoms with Gasteiger partial charge in [0.1, 0.15) is 0 Å². The summed E-state index contributed by atoms with van der Waals surface area (Å²) in [5, 5.41) is 8.20. The second kappa shape index (κ2) is 6.15. The summed E-state index contributed by atoms with van der Waals surface area (Å²) in [6, 6.07) is 9.82. The lowest BCUT2D eigenvalue weighted by atomic mass is 10.2. The van der Waals surface area contributed by atoms with Gasteiger partial charge >= 0.3 is 0 Å². The van der Waals surface area contributed by atoms with Crippen LogP contribution in [0.1, 0.15) is 18.7 Å². The molecule has 0 saturated carbocycles. The molecule has 1 aliphatic heterocycles. The molecule has 5 nitrogen and oxygen atoms in total. The van der Waals surface area contributed by atoms with Gasteiger partial charge in [0.05, 0.1) is 12.6 Å². The largest absolute Gasteiger partial charge is 0.419 e. The fourth-order valence-electron chi connectivity index (χ4n) is 2.45. The third-order valence-electron chi connectivity index (χ3n) is 3.43. The third kappa shape index (κ3) is 3.23. The molecule has 20 heavy (non-hydrogen) atoms. The molecule has 0 radical (unpaired) electrons. The number of hydrogen-bond acceptors (Lipinski definition) is 5. The van der Waals surface area contributed by atoms with Gasteiger partial charge in [-0.1, -0.05) is 18.2 Å². The fraction of sp³-hybridized carbons (Fsp3) is 0.467. The molecule has 0 spiro atoms. The van der Waals surface area contributed by atoms with Crippen LogP contribution in [0.25, 0.3) is 11.5 Å². The third-order valence-corrected chi connectivity index (χ3v) is 3.43. The normalized spacial score (nSPS) is 18.8. The highest BCUT2D eigenvalue weighted by Gasteiger charge is 2.18. The minimum absolute atomic E-state index is 0.344. The van der Waals surface area contributed by atoms with E-state index in [1.54, 1.807) is 0 Å². The Labute approximate surface area is 118 Å². The van der Waals surface area contributed by atoms with Crippen LogP contribution in [-0.4, -0.2) is 41.4 Å². The maximum absolute atomic E-state index is 5.70. The molecule has 5 heteroatoms. The molecule has 1 unspecified atom stereocenters. The Morgan fingerprint density at radius 2 is 2.10 bits per heavy atom. The van der Waals surface area contributed by atoms with Gasteiger partial charge in [-0.3, -0.25) is 4.90 Å². The average molecular weight is 273 g/mol. The molecule has 1 saturated heterocycles.